The van der Waals surface area contributed by atoms with Crippen molar-refractivity contribution in [3.63, 3.8) is 0 Å². The summed E-state index contributed by atoms with van der Waals surface area (Å²) in [7, 11) is -2.07. The number of hydrazone groups is 1. The highest BCUT2D eigenvalue weighted by Gasteiger charge is 2.35. The van der Waals surface area contributed by atoms with E-state index in [9.17, 15) is 12.8 Å². The van der Waals surface area contributed by atoms with Crippen LogP contribution in [0.25, 0.3) is 0 Å². The number of halogens is 1. The normalized spacial score (nSPS) is 17.7. The van der Waals surface area contributed by atoms with Gasteiger partial charge in [-0.05, 0) is 18.2 Å². The van der Waals surface area contributed by atoms with Gasteiger partial charge in [-0.2, -0.15) is 9.52 Å². The Balaban J connectivity index is 2.04. The molecule has 1 aliphatic heterocycles. The molecule has 1 atom stereocenters. The second-order valence-corrected chi connectivity index (χ2v) is 7.40. The molecule has 126 valence electrons. The Morgan fingerprint density at radius 3 is 2.62 bits per heavy atom. The summed E-state index contributed by atoms with van der Waals surface area (Å²) in [6.07, 6.45) is 1.36. The molecule has 24 heavy (non-hydrogen) atoms. The van der Waals surface area contributed by atoms with Gasteiger partial charge in [-0.25, -0.2) is 12.8 Å². The summed E-state index contributed by atoms with van der Waals surface area (Å²) in [4.78, 5) is 0. The van der Waals surface area contributed by atoms with Crippen molar-refractivity contribution >= 4 is 15.7 Å². The van der Waals surface area contributed by atoms with E-state index in [0.29, 0.717) is 23.4 Å². The smallest absolute Gasteiger partial charge is 0.247 e. The number of hydrogen-bond acceptors (Lipinski definition) is 4. The number of hydrogen-bond donors (Lipinski definition) is 0. The quantitative estimate of drug-likeness (QED) is 0.853. The Morgan fingerprint density at radius 1 is 1.21 bits per heavy atom. The van der Waals surface area contributed by atoms with E-state index in [1.54, 1.807) is 43.5 Å². The minimum atomic E-state index is -3.63. The Hall–Kier alpha value is -2.41. The Labute approximate surface area is 140 Å². The average molecular weight is 348 g/mol. The summed E-state index contributed by atoms with van der Waals surface area (Å²) in [5, 5.41) is 4.24. The number of methoxy groups -OCH3 is 1. The van der Waals surface area contributed by atoms with Crippen LogP contribution in [0.1, 0.15) is 23.6 Å². The van der Waals surface area contributed by atoms with Crippen molar-refractivity contribution in [3.8, 4) is 5.75 Å². The highest BCUT2D eigenvalue weighted by Crippen LogP contribution is 2.36. The van der Waals surface area contributed by atoms with Crippen molar-refractivity contribution in [2.75, 3.05) is 13.4 Å². The largest absolute Gasteiger partial charge is 0.497 e. The van der Waals surface area contributed by atoms with Crippen LogP contribution in [0.4, 0.5) is 4.39 Å². The Kier molecular flexibility index (Phi) is 4.28. The molecule has 0 amide bonds. The molecule has 0 saturated carbocycles. The van der Waals surface area contributed by atoms with Crippen LogP contribution >= 0.6 is 0 Å². The fourth-order valence-corrected chi connectivity index (χ4v) is 3.65. The summed E-state index contributed by atoms with van der Waals surface area (Å²) >= 11 is 0. The zero-order chi connectivity index (χ0) is 17.3. The van der Waals surface area contributed by atoms with E-state index in [2.05, 4.69) is 5.10 Å². The summed E-state index contributed by atoms with van der Waals surface area (Å²) in [5.41, 5.74) is 1.64. The molecular weight excluding hydrogens is 331 g/mol. The first kappa shape index (κ1) is 16.4. The fraction of sp³-hybridized carbons (Fsp3) is 0.235. The maximum absolute atomic E-state index is 14.2. The first-order chi connectivity index (χ1) is 11.4. The van der Waals surface area contributed by atoms with Gasteiger partial charge in [-0.3, -0.25) is 0 Å². The molecule has 0 spiro atoms. The molecule has 1 heterocycles. The van der Waals surface area contributed by atoms with Crippen molar-refractivity contribution in [3.05, 3.63) is 65.5 Å². The molecule has 0 N–H and O–H groups in total. The lowest BCUT2D eigenvalue weighted by molar-refractivity contribution is 0.365. The molecule has 0 fully saturated rings. The van der Waals surface area contributed by atoms with E-state index in [0.717, 1.165) is 16.2 Å². The molecule has 0 bridgehead atoms. The van der Waals surface area contributed by atoms with Gasteiger partial charge < -0.3 is 4.74 Å². The minimum absolute atomic E-state index is 0.293. The zero-order valence-electron chi connectivity index (χ0n) is 13.3. The van der Waals surface area contributed by atoms with Crippen LogP contribution in [0, 0.1) is 5.82 Å². The van der Waals surface area contributed by atoms with Gasteiger partial charge in [0.2, 0.25) is 10.0 Å². The van der Waals surface area contributed by atoms with Gasteiger partial charge in [0.05, 0.1) is 25.1 Å². The lowest BCUT2D eigenvalue weighted by Gasteiger charge is -2.21. The van der Waals surface area contributed by atoms with E-state index in [1.807, 2.05) is 6.07 Å². The molecule has 2 aromatic carbocycles. The van der Waals surface area contributed by atoms with Crippen molar-refractivity contribution in [2.45, 2.75) is 12.5 Å². The van der Waals surface area contributed by atoms with Gasteiger partial charge in [-0.1, -0.05) is 30.3 Å². The van der Waals surface area contributed by atoms with E-state index >= 15 is 0 Å². The lowest BCUT2D eigenvalue weighted by Crippen LogP contribution is -2.26. The van der Waals surface area contributed by atoms with Gasteiger partial charge in [0, 0.05) is 17.5 Å². The van der Waals surface area contributed by atoms with Crippen LogP contribution in [-0.2, 0) is 10.0 Å². The van der Waals surface area contributed by atoms with Gasteiger partial charge in [0.15, 0.2) is 0 Å². The van der Waals surface area contributed by atoms with Crippen LogP contribution in [0.5, 0.6) is 5.75 Å². The Bertz CT molecular complexity index is 896. The summed E-state index contributed by atoms with van der Waals surface area (Å²) < 4.78 is 44.5. The highest BCUT2D eigenvalue weighted by molar-refractivity contribution is 7.88. The van der Waals surface area contributed by atoms with E-state index in [-0.39, 0.29) is 0 Å². The molecule has 7 heteroatoms. The molecule has 0 radical (unpaired) electrons. The number of rotatable bonds is 4. The predicted molar refractivity (Wildman–Crippen MR) is 90.0 cm³/mol. The summed E-state index contributed by atoms with van der Waals surface area (Å²) in [6.45, 7) is 0. The number of benzene rings is 2. The van der Waals surface area contributed by atoms with Crippen LogP contribution in [-0.4, -0.2) is 31.9 Å². The highest BCUT2D eigenvalue weighted by atomic mass is 32.2. The fourth-order valence-electron chi connectivity index (χ4n) is 2.75. The third-order valence-electron chi connectivity index (χ3n) is 3.88. The molecule has 5 nitrogen and oxygen atoms in total. The second kappa shape index (κ2) is 6.24. The minimum Gasteiger partial charge on any atom is -0.497 e. The molecule has 0 aliphatic carbocycles. The van der Waals surface area contributed by atoms with Crippen LogP contribution in [0.3, 0.4) is 0 Å². The van der Waals surface area contributed by atoms with Crippen molar-refractivity contribution < 1.29 is 17.5 Å². The van der Waals surface area contributed by atoms with Gasteiger partial charge >= 0.3 is 0 Å². The Morgan fingerprint density at radius 2 is 1.96 bits per heavy atom. The maximum atomic E-state index is 14.2. The monoisotopic (exact) mass is 348 g/mol. The molecular formula is C17H17FN2O3S. The molecule has 3 rings (SSSR count). The molecule has 1 unspecified atom stereocenters. The van der Waals surface area contributed by atoms with Crippen LogP contribution in [0.15, 0.2) is 53.6 Å². The van der Waals surface area contributed by atoms with Gasteiger partial charge in [-0.15, -0.1) is 0 Å². The van der Waals surface area contributed by atoms with Crippen molar-refractivity contribution in [2.24, 2.45) is 5.10 Å². The first-order valence-corrected chi connectivity index (χ1v) is 9.20. The number of ether oxygens (including phenoxy) is 1. The molecule has 2 aromatic rings. The number of sulfonamides is 1. The molecule has 1 aliphatic rings. The van der Waals surface area contributed by atoms with Crippen molar-refractivity contribution in [1.29, 1.82) is 0 Å². The molecule has 0 saturated heterocycles. The third-order valence-corrected chi connectivity index (χ3v) is 4.90. The topological polar surface area (TPSA) is 59.0 Å². The van der Waals surface area contributed by atoms with E-state index < -0.39 is 21.9 Å². The average Bonchev–Trinajstić information content (AvgIpc) is 3.01. The zero-order valence-corrected chi connectivity index (χ0v) is 14.1. The SMILES string of the molecule is COc1cccc(C2=NN(S(C)(=O)=O)C(c3ccccc3F)C2)c1. The third kappa shape index (κ3) is 3.12. The van der Waals surface area contributed by atoms with Gasteiger partial charge in [0.25, 0.3) is 0 Å². The van der Waals surface area contributed by atoms with E-state index in [1.165, 1.54) is 6.07 Å². The number of nitrogens with zero attached hydrogens (tertiary/aromatic N) is 2. The first-order valence-electron chi connectivity index (χ1n) is 7.36. The van der Waals surface area contributed by atoms with E-state index in [4.69, 9.17) is 4.74 Å². The second-order valence-electron chi connectivity index (χ2n) is 5.56. The summed E-state index contributed by atoms with van der Waals surface area (Å²) in [6, 6.07) is 12.7. The van der Waals surface area contributed by atoms with Gasteiger partial charge in [0.1, 0.15) is 11.6 Å². The van der Waals surface area contributed by atoms with Crippen molar-refractivity contribution in [1.82, 2.24) is 4.41 Å². The molecule has 0 aromatic heterocycles. The summed E-state index contributed by atoms with van der Waals surface area (Å²) in [5.74, 6) is 0.202. The van der Waals surface area contributed by atoms with Crippen LogP contribution < -0.4 is 4.74 Å². The van der Waals surface area contributed by atoms with Crippen LogP contribution in [0.2, 0.25) is 0 Å². The lowest BCUT2D eigenvalue weighted by atomic mass is 9.98. The standard InChI is InChI=1S/C17H17FN2O3S/c1-23-13-7-5-6-12(10-13)16-11-17(20(19-16)24(2,21)22)14-8-3-4-9-15(14)18/h3-10,17H,11H2,1-2H3. The predicted octanol–water partition coefficient (Wildman–Crippen LogP) is 2.95. The maximum Gasteiger partial charge on any atom is 0.247 e.